The van der Waals surface area contributed by atoms with Crippen molar-refractivity contribution in [1.29, 1.82) is 0 Å². The number of rotatable bonds is 4. The van der Waals surface area contributed by atoms with Crippen molar-refractivity contribution in [3.05, 3.63) is 42.1 Å². The highest BCUT2D eigenvalue weighted by Gasteiger charge is 2.12. The number of ether oxygens (including phenoxy) is 2. The Balaban J connectivity index is 2.11. The molecule has 0 bridgehead atoms. The van der Waals surface area contributed by atoms with Crippen molar-refractivity contribution >= 4 is 16.9 Å². The van der Waals surface area contributed by atoms with E-state index in [-0.39, 0.29) is 0 Å². The van der Waals surface area contributed by atoms with Crippen LogP contribution in [-0.2, 0) is 0 Å². The fourth-order valence-corrected chi connectivity index (χ4v) is 2.30. The van der Waals surface area contributed by atoms with E-state index in [1.165, 1.54) is 0 Å². The average Bonchev–Trinajstić information content (AvgIpc) is 2.97. The minimum absolute atomic E-state index is 0.335. The maximum absolute atomic E-state index is 11.2. The second-order valence-corrected chi connectivity index (χ2v) is 4.75. The van der Waals surface area contributed by atoms with Crippen LogP contribution < -0.4 is 15.2 Å². The molecule has 22 heavy (non-hydrogen) atoms. The molecule has 0 fully saturated rings. The summed E-state index contributed by atoms with van der Waals surface area (Å²) in [7, 11) is 3.19. The Morgan fingerprint density at radius 1 is 1.14 bits per heavy atom. The topological polar surface area (TPSA) is 90.2 Å². The molecule has 112 valence electrons. The van der Waals surface area contributed by atoms with Crippen LogP contribution in [0.1, 0.15) is 10.5 Å². The number of primary amides is 1. The number of methoxy groups -OCH3 is 2. The number of carbonyl (C=O) groups excluding carboxylic acids is 1. The highest BCUT2D eigenvalue weighted by molar-refractivity contribution is 5.96. The van der Waals surface area contributed by atoms with Crippen LogP contribution in [0.2, 0.25) is 0 Å². The predicted molar refractivity (Wildman–Crippen MR) is 83.2 cm³/mol. The Hall–Kier alpha value is -3.02. The van der Waals surface area contributed by atoms with Gasteiger partial charge in [0.1, 0.15) is 22.8 Å². The van der Waals surface area contributed by atoms with Gasteiger partial charge in [-0.05, 0) is 30.3 Å². The molecule has 3 rings (SSSR count). The van der Waals surface area contributed by atoms with Crippen molar-refractivity contribution in [2.24, 2.45) is 5.73 Å². The van der Waals surface area contributed by atoms with Gasteiger partial charge in [0, 0.05) is 17.0 Å². The molecule has 1 aromatic carbocycles. The molecule has 1 amide bonds. The van der Waals surface area contributed by atoms with Crippen molar-refractivity contribution in [3.63, 3.8) is 0 Å². The van der Waals surface area contributed by atoms with Gasteiger partial charge in [-0.2, -0.15) is 0 Å². The molecule has 0 aliphatic carbocycles. The van der Waals surface area contributed by atoms with Crippen LogP contribution in [0, 0.1) is 0 Å². The molecule has 3 aromatic rings. The van der Waals surface area contributed by atoms with E-state index in [4.69, 9.17) is 15.2 Å². The SMILES string of the molecule is COc1ccc(-c2ccc3cc(C(N)=O)[nH]c3n2)c(OC)c1. The van der Waals surface area contributed by atoms with Gasteiger partial charge in [0.05, 0.1) is 19.9 Å². The van der Waals surface area contributed by atoms with E-state index in [0.717, 1.165) is 16.6 Å². The molecule has 0 aliphatic heterocycles. The summed E-state index contributed by atoms with van der Waals surface area (Å²) < 4.78 is 10.6. The summed E-state index contributed by atoms with van der Waals surface area (Å²) in [6.07, 6.45) is 0. The highest BCUT2D eigenvalue weighted by Crippen LogP contribution is 2.33. The first-order valence-corrected chi connectivity index (χ1v) is 6.64. The van der Waals surface area contributed by atoms with E-state index < -0.39 is 5.91 Å². The van der Waals surface area contributed by atoms with Gasteiger partial charge < -0.3 is 20.2 Å². The molecule has 0 saturated carbocycles. The van der Waals surface area contributed by atoms with E-state index in [2.05, 4.69) is 9.97 Å². The Morgan fingerprint density at radius 2 is 1.95 bits per heavy atom. The zero-order valence-corrected chi connectivity index (χ0v) is 12.2. The van der Waals surface area contributed by atoms with Crippen molar-refractivity contribution in [2.45, 2.75) is 0 Å². The first-order chi connectivity index (χ1) is 10.6. The normalized spacial score (nSPS) is 10.6. The number of fused-ring (bicyclic) bond motifs is 1. The van der Waals surface area contributed by atoms with Crippen LogP contribution in [0.5, 0.6) is 11.5 Å². The molecule has 0 unspecified atom stereocenters. The minimum atomic E-state index is -0.512. The van der Waals surface area contributed by atoms with E-state index in [1.54, 1.807) is 26.4 Å². The van der Waals surface area contributed by atoms with Crippen molar-refractivity contribution in [2.75, 3.05) is 14.2 Å². The molecular formula is C16H15N3O3. The van der Waals surface area contributed by atoms with Gasteiger partial charge >= 0.3 is 0 Å². The van der Waals surface area contributed by atoms with E-state index in [9.17, 15) is 4.79 Å². The zero-order chi connectivity index (χ0) is 15.7. The predicted octanol–water partition coefficient (Wildman–Crippen LogP) is 2.35. The molecule has 2 heterocycles. The molecule has 6 heteroatoms. The lowest BCUT2D eigenvalue weighted by atomic mass is 10.1. The number of nitrogens with one attached hydrogen (secondary N) is 1. The van der Waals surface area contributed by atoms with Gasteiger partial charge in [0.15, 0.2) is 0 Å². The Bertz CT molecular complexity index is 855. The molecule has 2 aromatic heterocycles. The standard InChI is InChI=1S/C16H15N3O3/c1-21-10-4-5-11(14(8-10)22-2)12-6-3-9-7-13(15(17)20)19-16(9)18-12/h3-8H,1-2H3,(H2,17,20)(H,18,19). The molecule has 0 aliphatic rings. The van der Waals surface area contributed by atoms with Gasteiger partial charge in [-0.3, -0.25) is 4.79 Å². The number of benzene rings is 1. The highest BCUT2D eigenvalue weighted by atomic mass is 16.5. The number of nitrogens with zero attached hydrogens (tertiary/aromatic N) is 1. The van der Waals surface area contributed by atoms with Gasteiger partial charge in [0.25, 0.3) is 5.91 Å². The lowest BCUT2D eigenvalue weighted by Crippen LogP contribution is -2.10. The third-order valence-corrected chi connectivity index (χ3v) is 3.43. The van der Waals surface area contributed by atoms with Crippen LogP contribution in [-0.4, -0.2) is 30.1 Å². The molecule has 3 N–H and O–H groups in total. The van der Waals surface area contributed by atoms with Gasteiger partial charge in [0.2, 0.25) is 0 Å². The monoisotopic (exact) mass is 297 g/mol. The summed E-state index contributed by atoms with van der Waals surface area (Å²) in [4.78, 5) is 18.7. The number of pyridine rings is 1. The molecule has 0 atom stereocenters. The minimum Gasteiger partial charge on any atom is -0.497 e. The van der Waals surface area contributed by atoms with Crippen LogP contribution in [0.3, 0.4) is 0 Å². The summed E-state index contributed by atoms with van der Waals surface area (Å²) in [6.45, 7) is 0. The molecule has 6 nitrogen and oxygen atoms in total. The lowest BCUT2D eigenvalue weighted by Gasteiger charge is -2.10. The summed E-state index contributed by atoms with van der Waals surface area (Å²) in [6, 6.07) is 10.9. The first kappa shape index (κ1) is 13.9. The quantitative estimate of drug-likeness (QED) is 0.773. The smallest absolute Gasteiger partial charge is 0.265 e. The summed E-state index contributed by atoms with van der Waals surface area (Å²) in [5.41, 5.74) is 7.77. The van der Waals surface area contributed by atoms with Gasteiger partial charge in [-0.1, -0.05) is 0 Å². The number of aromatic amines is 1. The third kappa shape index (κ3) is 2.35. The number of hydrogen-bond acceptors (Lipinski definition) is 4. The lowest BCUT2D eigenvalue weighted by molar-refractivity contribution is 0.0996. The van der Waals surface area contributed by atoms with Crippen LogP contribution in [0.4, 0.5) is 0 Å². The van der Waals surface area contributed by atoms with Crippen molar-refractivity contribution in [1.82, 2.24) is 9.97 Å². The third-order valence-electron chi connectivity index (χ3n) is 3.43. The fraction of sp³-hybridized carbons (Fsp3) is 0.125. The second kappa shape index (κ2) is 5.40. The second-order valence-electron chi connectivity index (χ2n) is 4.75. The maximum Gasteiger partial charge on any atom is 0.265 e. The number of hydrogen-bond donors (Lipinski definition) is 2. The Kier molecular flexibility index (Phi) is 3.42. The van der Waals surface area contributed by atoms with Gasteiger partial charge in [-0.25, -0.2) is 4.98 Å². The Labute approximate surface area is 126 Å². The summed E-state index contributed by atoms with van der Waals surface area (Å²) in [5, 5.41) is 0.824. The number of H-pyrrole nitrogens is 1. The van der Waals surface area contributed by atoms with Crippen LogP contribution in [0.25, 0.3) is 22.3 Å². The molecular weight excluding hydrogens is 282 g/mol. The largest absolute Gasteiger partial charge is 0.497 e. The number of carbonyl (C=O) groups is 1. The number of nitrogens with two attached hydrogens (primary N) is 1. The Morgan fingerprint density at radius 3 is 2.64 bits per heavy atom. The number of amides is 1. The number of aromatic nitrogens is 2. The zero-order valence-electron chi connectivity index (χ0n) is 12.2. The van der Waals surface area contributed by atoms with E-state index in [1.807, 2.05) is 24.3 Å². The summed E-state index contributed by atoms with van der Waals surface area (Å²) in [5.74, 6) is 0.854. The van der Waals surface area contributed by atoms with Gasteiger partial charge in [-0.15, -0.1) is 0 Å². The molecule has 0 radical (unpaired) electrons. The summed E-state index contributed by atoms with van der Waals surface area (Å²) >= 11 is 0. The van der Waals surface area contributed by atoms with Crippen molar-refractivity contribution in [3.8, 4) is 22.8 Å². The average molecular weight is 297 g/mol. The fourth-order valence-electron chi connectivity index (χ4n) is 2.30. The van der Waals surface area contributed by atoms with Crippen LogP contribution in [0.15, 0.2) is 36.4 Å². The molecule has 0 spiro atoms. The first-order valence-electron chi connectivity index (χ1n) is 6.64. The molecule has 0 saturated heterocycles. The van der Waals surface area contributed by atoms with E-state index >= 15 is 0 Å². The van der Waals surface area contributed by atoms with E-state index in [0.29, 0.717) is 22.8 Å². The maximum atomic E-state index is 11.2. The van der Waals surface area contributed by atoms with Crippen molar-refractivity contribution < 1.29 is 14.3 Å². The van der Waals surface area contributed by atoms with Crippen LogP contribution >= 0.6 is 0 Å².